The zero-order valence-corrected chi connectivity index (χ0v) is 46.8. The Kier molecular flexibility index (Phi) is 48.6. The number of nitrogens with one attached hydrogen (secondary N) is 1. The molecule has 1 amide bonds. The van der Waals surface area contributed by atoms with Crippen LogP contribution < -0.4 is 5.32 Å². The van der Waals surface area contributed by atoms with Crippen LogP contribution in [-0.4, -0.2) is 100 Å². The Morgan fingerprint density at radius 2 is 0.890 bits per heavy atom. The first kappa shape index (κ1) is 68.6. The predicted molar refractivity (Wildman–Crippen MR) is 301 cm³/mol. The SMILES string of the molecule is CCCCC/C=C\CCCCCCCC(=O)OCCCCCCCCCCCCCC/C=C\CCCCCCCCCCC(=O)NC(COC1OC(CO)C(O)C(O)C1O)C(O)/C=C/CC/C=C/CCCCC. The molecule has 1 fully saturated rings. The number of carbonyl (C=O) groups excluding carboxylic acids is 2. The first-order valence-corrected chi connectivity index (χ1v) is 30.4. The molecule has 1 rings (SSSR count). The van der Waals surface area contributed by atoms with Gasteiger partial charge in [0.2, 0.25) is 5.91 Å². The number of aliphatic hydroxyl groups is 5. The monoisotopic (exact) mass is 1030 g/mol. The summed E-state index contributed by atoms with van der Waals surface area (Å²) in [5, 5.41) is 54.1. The summed E-state index contributed by atoms with van der Waals surface area (Å²) < 4.78 is 16.6. The van der Waals surface area contributed by atoms with Gasteiger partial charge in [-0.3, -0.25) is 9.59 Å². The van der Waals surface area contributed by atoms with E-state index >= 15 is 0 Å². The zero-order chi connectivity index (χ0) is 53.1. The minimum absolute atomic E-state index is 0.00978. The van der Waals surface area contributed by atoms with E-state index in [4.69, 9.17) is 14.2 Å². The molecule has 1 aliphatic rings. The highest BCUT2D eigenvalue weighted by molar-refractivity contribution is 5.76. The van der Waals surface area contributed by atoms with E-state index in [0.29, 0.717) is 19.4 Å². The highest BCUT2D eigenvalue weighted by Crippen LogP contribution is 2.23. The van der Waals surface area contributed by atoms with Crippen LogP contribution >= 0.6 is 0 Å². The van der Waals surface area contributed by atoms with Crippen molar-refractivity contribution in [1.29, 1.82) is 0 Å². The van der Waals surface area contributed by atoms with E-state index in [-0.39, 0.29) is 18.5 Å². The van der Waals surface area contributed by atoms with Gasteiger partial charge in [-0.05, 0) is 96.3 Å². The van der Waals surface area contributed by atoms with E-state index < -0.39 is 49.5 Å². The van der Waals surface area contributed by atoms with Crippen LogP contribution in [0.15, 0.2) is 48.6 Å². The third-order valence-corrected chi connectivity index (χ3v) is 14.1. The van der Waals surface area contributed by atoms with Crippen LogP contribution in [0.2, 0.25) is 0 Å². The number of ether oxygens (including phenoxy) is 3. The molecule has 0 aromatic rings. The summed E-state index contributed by atoms with van der Waals surface area (Å²) in [7, 11) is 0. The summed E-state index contributed by atoms with van der Waals surface area (Å²) in [5.74, 6) is -0.209. The molecule has 1 heterocycles. The van der Waals surface area contributed by atoms with Crippen LogP contribution in [0.1, 0.15) is 271 Å². The van der Waals surface area contributed by atoms with E-state index in [2.05, 4.69) is 55.6 Å². The van der Waals surface area contributed by atoms with Gasteiger partial charge in [0, 0.05) is 12.8 Å². The molecule has 0 aliphatic carbocycles. The zero-order valence-electron chi connectivity index (χ0n) is 46.8. The van der Waals surface area contributed by atoms with Crippen molar-refractivity contribution in [3.05, 3.63) is 48.6 Å². The van der Waals surface area contributed by atoms with Crippen LogP contribution in [0, 0.1) is 0 Å². The van der Waals surface area contributed by atoms with Crippen LogP contribution in [0.3, 0.4) is 0 Å². The molecule has 11 nitrogen and oxygen atoms in total. The van der Waals surface area contributed by atoms with Gasteiger partial charge in [0.05, 0.1) is 32.0 Å². The van der Waals surface area contributed by atoms with E-state index in [0.717, 1.165) is 70.6 Å². The van der Waals surface area contributed by atoms with Crippen molar-refractivity contribution in [3.8, 4) is 0 Å². The fourth-order valence-electron chi connectivity index (χ4n) is 9.26. The maximum atomic E-state index is 13.0. The first-order valence-electron chi connectivity index (χ1n) is 30.4. The second kappa shape index (κ2) is 51.7. The number of aliphatic hydroxyl groups excluding tert-OH is 5. The first-order chi connectivity index (χ1) is 35.7. The molecule has 0 bridgehead atoms. The minimum atomic E-state index is -1.58. The molecule has 0 radical (unpaired) electrons. The summed E-state index contributed by atoms with van der Waals surface area (Å²) >= 11 is 0. The number of rotatable bonds is 52. The quantitative estimate of drug-likeness (QED) is 0.0195. The van der Waals surface area contributed by atoms with Crippen molar-refractivity contribution < 1.29 is 49.3 Å². The Bertz CT molecular complexity index is 1350. The third-order valence-electron chi connectivity index (χ3n) is 14.1. The lowest BCUT2D eigenvalue weighted by atomic mass is 9.99. The highest BCUT2D eigenvalue weighted by Gasteiger charge is 2.44. The van der Waals surface area contributed by atoms with Crippen molar-refractivity contribution in [2.45, 2.75) is 314 Å². The predicted octanol–water partition coefficient (Wildman–Crippen LogP) is 14.1. The fraction of sp³-hybridized carbons (Fsp3) is 0.839. The number of esters is 1. The number of carbonyl (C=O) groups is 2. The van der Waals surface area contributed by atoms with Gasteiger partial charge in [0.1, 0.15) is 24.4 Å². The lowest BCUT2D eigenvalue weighted by Crippen LogP contribution is -2.60. The lowest BCUT2D eigenvalue weighted by Gasteiger charge is -2.40. The summed E-state index contributed by atoms with van der Waals surface area (Å²) in [6.45, 7) is 4.24. The molecule has 6 N–H and O–H groups in total. The molecule has 73 heavy (non-hydrogen) atoms. The number of hydrogen-bond donors (Lipinski definition) is 6. The number of hydrogen-bond acceptors (Lipinski definition) is 10. The van der Waals surface area contributed by atoms with Gasteiger partial charge in [-0.2, -0.15) is 0 Å². The van der Waals surface area contributed by atoms with Gasteiger partial charge >= 0.3 is 5.97 Å². The lowest BCUT2D eigenvalue weighted by molar-refractivity contribution is -0.302. The van der Waals surface area contributed by atoms with Gasteiger partial charge in [-0.15, -0.1) is 0 Å². The number of amides is 1. The molecule has 426 valence electrons. The van der Waals surface area contributed by atoms with E-state index in [1.54, 1.807) is 6.08 Å². The second-order valence-corrected chi connectivity index (χ2v) is 21.0. The van der Waals surface area contributed by atoms with Crippen LogP contribution in [-0.2, 0) is 23.8 Å². The molecular weight excluding hydrogens is 919 g/mol. The van der Waals surface area contributed by atoms with Gasteiger partial charge in [-0.1, -0.05) is 210 Å². The van der Waals surface area contributed by atoms with Crippen molar-refractivity contribution >= 4 is 11.9 Å². The van der Waals surface area contributed by atoms with E-state index in [9.17, 15) is 35.1 Å². The van der Waals surface area contributed by atoms with Crippen molar-refractivity contribution in [2.24, 2.45) is 0 Å². The van der Waals surface area contributed by atoms with Crippen molar-refractivity contribution in [1.82, 2.24) is 5.32 Å². The van der Waals surface area contributed by atoms with Crippen LogP contribution in [0.5, 0.6) is 0 Å². The summed E-state index contributed by atoms with van der Waals surface area (Å²) in [4.78, 5) is 25.0. The molecule has 1 saturated heterocycles. The molecular formula is C62H113NO10. The molecule has 0 aromatic heterocycles. The molecule has 0 spiro atoms. The van der Waals surface area contributed by atoms with E-state index in [1.807, 2.05) is 6.08 Å². The van der Waals surface area contributed by atoms with Crippen molar-refractivity contribution in [3.63, 3.8) is 0 Å². The molecule has 7 unspecified atom stereocenters. The van der Waals surface area contributed by atoms with Crippen LogP contribution in [0.25, 0.3) is 0 Å². The Hall–Kier alpha value is -2.38. The summed E-state index contributed by atoms with van der Waals surface area (Å²) in [6.07, 6.45) is 55.2. The Labute approximate surface area is 446 Å². The summed E-state index contributed by atoms with van der Waals surface area (Å²) in [5.41, 5.74) is 0. The summed E-state index contributed by atoms with van der Waals surface area (Å²) in [6, 6.07) is -0.830. The Morgan fingerprint density at radius 3 is 1.36 bits per heavy atom. The Balaban J connectivity index is 2.01. The minimum Gasteiger partial charge on any atom is -0.466 e. The third kappa shape index (κ3) is 41.5. The molecule has 11 heteroatoms. The van der Waals surface area contributed by atoms with Gasteiger partial charge in [0.15, 0.2) is 6.29 Å². The maximum Gasteiger partial charge on any atom is 0.305 e. The maximum absolute atomic E-state index is 13.0. The molecule has 1 aliphatic heterocycles. The van der Waals surface area contributed by atoms with E-state index in [1.165, 1.54) is 173 Å². The normalized spacial score (nSPS) is 19.2. The standard InChI is InChI=1S/C62H113NO10/c1-3-5-7-9-11-13-14-30-34-38-42-46-50-58(67)71-51-47-43-39-35-31-28-26-24-22-20-18-16-15-17-19-21-23-25-27-29-33-37-41-45-49-57(66)63-54(55(65)48-44-40-36-32-12-10-8-6-4-2)53-72-62-61(70)60(69)59(68)56(52-64)73-62/h11-13,17,19,32,44,48,54-56,59-62,64-65,68-70H,3-10,14-16,18,20-31,33-43,45-47,49-53H2,1-2H3,(H,63,66)/b13-11-,19-17-,32-12+,48-44+. The average molecular weight is 1030 g/mol. The fourth-order valence-corrected chi connectivity index (χ4v) is 9.26. The largest absolute Gasteiger partial charge is 0.466 e. The smallest absolute Gasteiger partial charge is 0.305 e. The second-order valence-electron chi connectivity index (χ2n) is 21.0. The topological polar surface area (TPSA) is 175 Å². The van der Waals surface area contributed by atoms with Crippen LogP contribution in [0.4, 0.5) is 0 Å². The van der Waals surface area contributed by atoms with Crippen molar-refractivity contribution in [2.75, 3.05) is 19.8 Å². The highest BCUT2D eigenvalue weighted by atomic mass is 16.7. The number of allylic oxidation sites excluding steroid dienone is 7. The van der Waals surface area contributed by atoms with Gasteiger partial charge in [-0.25, -0.2) is 0 Å². The van der Waals surface area contributed by atoms with Gasteiger partial charge < -0.3 is 45.1 Å². The number of unbranched alkanes of at least 4 members (excludes halogenated alkanes) is 32. The average Bonchev–Trinajstić information content (AvgIpc) is 3.39. The molecule has 0 aromatic carbocycles. The molecule has 7 atom stereocenters. The molecule has 0 saturated carbocycles. The van der Waals surface area contributed by atoms with Gasteiger partial charge in [0.25, 0.3) is 0 Å². The Morgan fingerprint density at radius 1 is 0.493 bits per heavy atom.